The predicted molar refractivity (Wildman–Crippen MR) is 117 cm³/mol. The van der Waals surface area contributed by atoms with Crippen LogP contribution in [0.1, 0.15) is 17.5 Å². The molecule has 0 bridgehead atoms. The molecule has 0 aliphatic carbocycles. The molecule has 34 heavy (non-hydrogen) atoms. The Morgan fingerprint density at radius 1 is 1.21 bits per heavy atom. The SMILES string of the molecule is Cn1c(C2COc3ccccc3O2)nn(CN(Cc2ccccc2[N+](=O)[O-])CC(F)(F)F)c1=S. The van der Waals surface area contributed by atoms with Crippen LogP contribution in [0.2, 0.25) is 0 Å². The van der Waals surface area contributed by atoms with Crippen LogP contribution in [0.5, 0.6) is 11.5 Å². The number of ether oxygens (including phenoxy) is 2. The number of benzene rings is 2. The molecule has 13 heteroatoms. The summed E-state index contributed by atoms with van der Waals surface area (Å²) in [5.74, 6) is 1.49. The monoisotopic (exact) mass is 495 g/mol. The number of nitro groups is 1. The molecule has 0 fully saturated rings. The number of hydrogen-bond acceptors (Lipinski definition) is 7. The first-order valence-corrected chi connectivity index (χ1v) is 10.6. The Balaban J connectivity index is 1.60. The lowest BCUT2D eigenvalue weighted by molar-refractivity contribution is -0.385. The van der Waals surface area contributed by atoms with Gasteiger partial charge in [-0.05, 0) is 24.4 Å². The van der Waals surface area contributed by atoms with Gasteiger partial charge in [0.05, 0.1) is 18.1 Å². The van der Waals surface area contributed by atoms with Crippen molar-refractivity contribution in [3.05, 3.63) is 74.8 Å². The van der Waals surface area contributed by atoms with Crippen molar-refractivity contribution in [1.29, 1.82) is 0 Å². The average molecular weight is 495 g/mol. The molecule has 9 nitrogen and oxygen atoms in total. The second-order valence-electron chi connectivity index (χ2n) is 7.69. The summed E-state index contributed by atoms with van der Waals surface area (Å²) in [5, 5.41) is 15.7. The number of nitrogens with zero attached hydrogens (tertiary/aromatic N) is 5. The molecule has 1 aliphatic rings. The number of halogens is 3. The summed E-state index contributed by atoms with van der Waals surface area (Å²) in [5.41, 5.74) is -0.105. The highest BCUT2D eigenvalue weighted by Crippen LogP contribution is 2.35. The van der Waals surface area contributed by atoms with Gasteiger partial charge in [0.1, 0.15) is 6.61 Å². The molecule has 180 valence electrons. The Kier molecular flexibility index (Phi) is 6.57. The van der Waals surface area contributed by atoms with E-state index in [1.807, 2.05) is 6.07 Å². The summed E-state index contributed by atoms with van der Waals surface area (Å²) in [4.78, 5) is 11.7. The zero-order valence-electron chi connectivity index (χ0n) is 17.9. The van der Waals surface area contributed by atoms with Crippen molar-refractivity contribution >= 4 is 17.9 Å². The predicted octanol–water partition coefficient (Wildman–Crippen LogP) is 4.39. The lowest BCUT2D eigenvalue weighted by atomic mass is 10.1. The van der Waals surface area contributed by atoms with Gasteiger partial charge >= 0.3 is 6.18 Å². The van der Waals surface area contributed by atoms with E-state index in [1.54, 1.807) is 29.8 Å². The molecule has 0 spiro atoms. The molecular formula is C21H20F3N5O4S. The minimum Gasteiger partial charge on any atom is -0.485 e. The Morgan fingerprint density at radius 3 is 2.59 bits per heavy atom. The Hall–Kier alpha value is -3.45. The molecule has 0 radical (unpaired) electrons. The molecule has 0 amide bonds. The first-order valence-electron chi connectivity index (χ1n) is 10.2. The van der Waals surface area contributed by atoms with Gasteiger partial charge in [-0.1, -0.05) is 30.3 Å². The topological polar surface area (TPSA) is 87.6 Å². The minimum atomic E-state index is -4.53. The molecule has 1 unspecified atom stereocenters. The third-order valence-electron chi connectivity index (χ3n) is 5.19. The van der Waals surface area contributed by atoms with E-state index in [2.05, 4.69) is 5.10 Å². The molecule has 0 saturated heterocycles. The third kappa shape index (κ3) is 5.20. The molecule has 1 atom stereocenters. The fourth-order valence-electron chi connectivity index (χ4n) is 3.69. The Bertz CT molecular complexity index is 1260. The summed E-state index contributed by atoms with van der Waals surface area (Å²) in [6.07, 6.45) is -5.15. The van der Waals surface area contributed by atoms with E-state index in [9.17, 15) is 23.3 Å². The van der Waals surface area contributed by atoms with Gasteiger partial charge in [-0.3, -0.25) is 15.0 Å². The summed E-state index contributed by atoms with van der Waals surface area (Å²) >= 11 is 5.40. The second kappa shape index (κ2) is 9.43. The molecule has 0 saturated carbocycles. The van der Waals surface area contributed by atoms with E-state index in [1.165, 1.54) is 28.9 Å². The van der Waals surface area contributed by atoms with E-state index < -0.39 is 23.7 Å². The third-order valence-corrected chi connectivity index (χ3v) is 5.67. The largest absolute Gasteiger partial charge is 0.485 e. The van der Waals surface area contributed by atoms with Crippen molar-refractivity contribution in [3.8, 4) is 11.5 Å². The van der Waals surface area contributed by atoms with Crippen LogP contribution >= 0.6 is 12.2 Å². The molecule has 2 heterocycles. The van der Waals surface area contributed by atoms with Crippen LogP contribution in [-0.2, 0) is 20.3 Å². The smallest absolute Gasteiger partial charge is 0.401 e. The Morgan fingerprint density at radius 2 is 1.88 bits per heavy atom. The number of para-hydroxylation sites is 3. The first-order chi connectivity index (χ1) is 16.1. The summed E-state index contributed by atoms with van der Waals surface area (Å²) in [6.45, 7) is -1.80. The maximum Gasteiger partial charge on any atom is 0.401 e. The van der Waals surface area contributed by atoms with Crippen LogP contribution in [0.15, 0.2) is 48.5 Å². The highest BCUT2D eigenvalue weighted by atomic mass is 32.1. The molecule has 2 aromatic carbocycles. The Labute approximate surface area is 197 Å². The van der Waals surface area contributed by atoms with Gasteiger partial charge < -0.3 is 14.0 Å². The van der Waals surface area contributed by atoms with Crippen LogP contribution < -0.4 is 9.47 Å². The fourth-order valence-corrected chi connectivity index (χ4v) is 3.88. The van der Waals surface area contributed by atoms with E-state index in [-0.39, 0.29) is 35.8 Å². The lowest BCUT2D eigenvalue weighted by Crippen LogP contribution is -2.36. The lowest BCUT2D eigenvalue weighted by Gasteiger charge is -2.25. The van der Waals surface area contributed by atoms with Gasteiger partial charge in [-0.25, -0.2) is 4.68 Å². The molecule has 4 rings (SSSR count). The zero-order valence-corrected chi connectivity index (χ0v) is 18.8. The number of fused-ring (bicyclic) bond motifs is 1. The highest BCUT2D eigenvalue weighted by molar-refractivity contribution is 7.71. The van der Waals surface area contributed by atoms with Crippen molar-refractivity contribution in [1.82, 2.24) is 19.2 Å². The maximum atomic E-state index is 13.3. The van der Waals surface area contributed by atoms with Crippen LogP contribution in [0.3, 0.4) is 0 Å². The average Bonchev–Trinajstić information content (AvgIpc) is 3.06. The number of hydrogen-bond donors (Lipinski definition) is 0. The van der Waals surface area contributed by atoms with E-state index in [0.717, 1.165) is 4.90 Å². The van der Waals surface area contributed by atoms with Crippen molar-refractivity contribution in [3.63, 3.8) is 0 Å². The van der Waals surface area contributed by atoms with Gasteiger partial charge in [-0.15, -0.1) is 0 Å². The van der Waals surface area contributed by atoms with Gasteiger partial charge in [0.2, 0.25) is 0 Å². The van der Waals surface area contributed by atoms with Crippen LogP contribution in [-0.4, -0.2) is 43.5 Å². The van der Waals surface area contributed by atoms with Crippen LogP contribution in [0, 0.1) is 14.9 Å². The van der Waals surface area contributed by atoms with Crippen molar-refractivity contribution in [2.45, 2.75) is 25.5 Å². The van der Waals surface area contributed by atoms with Crippen LogP contribution in [0.4, 0.5) is 18.9 Å². The number of nitro benzene ring substituents is 1. The number of alkyl halides is 3. The van der Waals surface area contributed by atoms with E-state index in [4.69, 9.17) is 21.7 Å². The zero-order chi connectivity index (χ0) is 24.5. The molecule has 1 aliphatic heterocycles. The highest BCUT2D eigenvalue weighted by Gasteiger charge is 2.33. The standard InChI is InChI=1S/C21H20F3N5O4S/c1-26-19(18-11-32-16-8-4-5-9-17(16)33-18)25-28(20(26)34)13-27(12-21(22,23)24)10-14-6-2-3-7-15(14)29(30)31/h2-9,18H,10-13H2,1H3. The first kappa shape index (κ1) is 23.7. The van der Waals surface area contributed by atoms with Gasteiger partial charge in [0, 0.05) is 25.2 Å². The molecule has 1 aromatic heterocycles. The van der Waals surface area contributed by atoms with Crippen molar-refractivity contribution in [2.75, 3.05) is 13.2 Å². The van der Waals surface area contributed by atoms with Crippen LogP contribution in [0.25, 0.3) is 0 Å². The van der Waals surface area contributed by atoms with Gasteiger partial charge in [0.15, 0.2) is 28.2 Å². The molecule has 0 N–H and O–H groups in total. The summed E-state index contributed by atoms with van der Waals surface area (Å²) < 4.78 is 54.6. The van der Waals surface area contributed by atoms with Gasteiger partial charge in [-0.2, -0.15) is 18.3 Å². The number of aromatic nitrogens is 3. The maximum absolute atomic E-state index is 13.3. The second-order valence-corrected chi connectivity index (χ2v) is 8.06. The summed E-state index contributed by atoms with van der Waals surface area (Å²) in [6, 6.07) is 12.8. The fraction of sp³-hybridized carbons (Fsp3) is 0.333. The normalized spacial score (nSPS) is 15.5. The van der Waals surface area contributed by atoms with Crippen molar-refractivity contribution in [2.24, 2.45) is 7.05 Å². The van der Waals surface area contributed by atoms with Gasteiger partial charge in [0.25, 0.3) is 5.69 Å². The van der Waals surface area contributed by atoms with E-state index in [0.29, 0.717) is 17.3 Å². The molecular weight excluding hydrogens is 475 g/mol. The summed E-state index contributed by atoms with van der Waals surface area (Å²) in [7, 11) is 1.64. The minimum absolute atomic E-state index is 0.152. The van der Waals surface area contributed by atoms with Crippen molar-refractivity contribution < 1.29 is 27.6 Å². The number of rotatable bonds is 7. The quantitative estimate of drug-likeness (QED) is 0.273. The van der Waals surface area contributed by atoms with E-state index >= 15 is 0 Å². The molecule has 3 aromatic rings.